The first kappa shape index (κ1) is 16.3. The van der Waals surface area contributed by atoms with Crippen LogP contribution in [0.1, 0.15) is 10.4 Å². The predicted octanol–water partition coefficient (Wildman–Crippen LogP) is 5.44. The van der Waals surface area contributed by atoms with Gasteiger partial charge in [0.25, 0.3) is 5.91 Å². The van der Waals surface area contributed by atoms with E-state index in [2.05, 4.69) is 10.3 Å². The summed E-state index contributed by atoms with van der Waals surface area (Å²) in [6.07, 6.45) is 0. The summed E-state index contributed by atoms with van der Waals surface area (Å²) in [6.45, 7) is 0. The molecule has 3 aromatic rings. The van der Waals surface area contributed by atoms with Gasteiger partial charge in [-0.1, -0.05) is 29.3 Å². The largest absolute Gasteiger partial charge is 0.497 e. The third-order valence-electron chi connectivity index (χ3n) is 2.99. The van der Waals surface area contributed by atoms with Gasteiger partial charge < -0.3 is 4.74 Å². The molecule has 118 valence electrons. The van der Waals surface area contributed by atoms with E-state index >= 15 is 0 Å². The van der Waals surface area contributed by atoms with Crippen LogP contribution in [0.3, 0.4) is 0 Å². The van der Waals surface area contributed by atoms with Crippen LogP contribution in [0.2, 0.25) is 8.67 Å². The lowest BCUT2D eigenvalue weighted by Gasteiger charge is -2.04. The van der Waals surface area contributed by atoms with Gasteiger partial charge in [0.15, 0.2) is 5.13 Å². The molecule has 0 spiro atoms. The van der Waals surface area contributed by atoms with Crippen molar-refractivity contribution in [2.24, 2.45) is 0 Å². The molecule has 0 aliphatic carbocycles. The average molecular weight is 385 g/mol. The molecule has 0 saturated heterocycles. The number of amides is 1. The molecule has 0 fully saturated rings. The van der Waals surface area contributed by atoms with Crippen molar-refractivity contribution < 1.29 is 9.53 Å². The lowest BCUT2D eigenvalue weighted by Crippen LogP contribution is -2.11. The number of aromatic nitrogens is 1. The summed E-state index contributed by atoms with van der Waals surface area (Å²) >= 11 is 14.7. The molecule has 0 radical (unpaired) electrons. The first-order valence-corrected chi connectivity index (χ1v) is 8.88. The number of nitrogens with zero attached hydrogens (tertiary/aromatic N) is 1. The number of hydrogen-bond donors (Lipinski definition) is 1. The highest BCUT2D eigenvalue weighted by molar-refractivity contribution is 7.20. The van der Waals surface area contributed by atoms with Gasteiger partial charge in [0.2, 0.25) is 0 Å². The molecular weight excluding hydrogens is 375 g/mol. The van der Waals surface area contributed by atoms with Gasteiger partial charge >= 0.3 is 0 Å². The number of halogens is 2. The Morgan fingerprint density at radius 3 is 2.83 bits per heavy atom. The SMILES string of the molecule is COc1cccc(C(=O)Nc2nc(-c3cc(Cl)sc3Cl)cs2)c1. The second kappa shape index (κ2) is 6.88. The molecule has 8 heteroatoms. The molecule has 3 rings (SSSR count). The molecule has 0 atom stereocenters. The zero-order chi connectivity index (χ0) is 16.4. The number of hydrogen-bond acceptors (Lipinski definition) is 5. The standard InChI is InChI=1S/C15H10Cl2N2O2S2/c1-21-9-4-2-3-8(5-9)14(20)19-15-18-11(7-22-15)10-6-12(16)23-13(10)17/h2-7H,1H3,(H,18,19,20). The van der Waals surface area contributed by atoms with E-state index in [0.29, 0.717) is 30.8 Å². The Hall–Kier alpha value is -1.60. The fraction of sp³-hybridized carbons (Fsp3) is 0.0667. The van der Waals surface area contributed by atoms with Gasteiger partial charge in [0.1, 0.15) is 10.1 Å². The lowest BCUT2D eigenvalue weighted by molar-refractivity contribution is 0.102. The number of rotatable bonds is 4. The maximum Gasteiger partial charge on any atom is 0.257 e. The zero-order valence-electron chi connectivity index (χ0n) is 11.8. The summed E-state index contributed by atoms with van der Waals surface area (Å²) in [6, 6.07) is 8.67. The molecule has 23 heavy (non-hydrogen) atoms. The second-order valence-electron chi connectivity index (χ2n) is 4.46. The first-order valence-electron chi connectivity index (χ1n) is 6.43. The molecule has 4 nitrogen and oxygen atoms in total. The molecule has 0 bridgehead atoms. The smallest absolute Gasteiger partial charge is 0.257 e. The van der Waals surface area contributed by atoms with Gasteiger partial charge in [0.05, 0.1) is 17.1 Å². The van der Waals surface area contributed by atoms with E-state index in [1.54, 1.807) is 37.4 Å². The van der Waals surface area contributed by atoms with E-state index in [1.165, 1.54) is 22.7 Å². The molecule has 0 aliphatic heterocycles. The summed E-state index contributed by atoms with van der Waals surface area (Å²) in [5, 5.41) is 5.08. The highest BCUT2D eigenvalue weighted by Crippen LogP contribution is 2.39. The number of anilines is 1. The van der Waals surface area contributed by atoms with Crippen molar-refractivity contribution in [3.8, 4) is 17.0 Å². The Balaban J connectivity index is 1.78. The summed E-state index contributed by atoms with van der Waals surface area (Å²) < 4.78 is 6.29. The van der Waals surface area contributed by atoms with E-state index < -0.39 is 0 Å². The maximum absolute atomic E-state index is 12.3. The van der Waals surface area contributed by atoms with E-state index in [4.69, 9.17) is 27.9 Å². The van der Waals surface area contributed by atoms with Crippen molar-refractivity contribution in [1.29, 1.82) is 0 Å². The van der Waals surface area contributed by atoms with Gasteiger partial charge in [-0.2, -0.15) is 0 Å². The summed E-state index contributed by atoms with van der Waals surface area (Å²) in [5.41, 5.74) is 1.95. The van der Waals surface area contributed by atoms with Gasteiger partial charge in [-0.3, -0.25) is 10.1 Å². The lowest BCUT2D eigenvalue weighted by atomic mass is 10.2. The van der Waals surface area contributed by atoms with Crippen LogP contribution < -0.4 is 10.1 Å². The van der Waals surface area contributed by atoms with Crippen LogP contribution >= 0.6 is 45.9 Å². The van der Waals surface area contributed by atoms with Gasteiger partial charge in [0, 0.05) is 16.5 Å². The molecule has 0 unspecified atom stereocenters. The van der Waals surface area contributed by atoms with Crippen molar-refractivity contribution in [3.05, 3.63) is 49.9 Å². The highest BCUT2D eigenvalue weighted by atomic mass is 35.5. The minimum absolute atomic E-state index is 0.251. The average Bonchev–Trinajstić information content (AvgIpc) is 3.13. The predicted molar refractivity (Wildman–Crippen MR) is 96.4 cm³/mol. The molecule has 1 amide bonds. The van der Waals surface area contributed by atoms with Crippen molar-refractivity contribution >= 4 is 56.9 Å². The van der Waals surface area contributed by atoms with Crippen LogP contribution in [0.15, 0.2) is 35.7 Å². The van der Waals surface area contributed by atoms with E-state index in [0.717, 1.165) is 5.56 Å². The van der Waals surface area contributed by atoms with Gasteiger partial charge in [-0.15, -0.1) is 22.7 Å². The van der Waals surface area contributed by atoms with Crippen LogP contribution in [0, 0.1) is 0 Å². The Bertz CT molecular complexity index is 861. The fourth-order valence-electron chi connectivity index (χ4n) is 1.90. The molecule has 2 aromatic heterocycles. The summed E-state index contributed by atoms with van der Waals surface area (Å²) in [7, 11) is 1.56. The summed E-state index contributed by atoms with van der Waals surface area (Å²) in [5.74, 6) is 0.372. The Kier molecular flexibility index (Phi) is 4.87. The van der Waals surface area contributed by atoms with Crippen molar-refractivity contribution in [3.63, 3.8) is 0 Å². The number of carbonyl (C=O) groups is 1. The summed E-state index contributed by atoms with van der Waals surface area (Å²) in [4.78, 5) is 16.6. The molecule has 1 N–H and O–H groups in total. The van der Waals surface area contributed by atoms with E-state index in [1.807, 2.05) is 5.38 Å². The van der Waals surface area contributed by atoms with Crippen LogP contribution in [0.4, 0.5) is 5.13 Å². The number of carbonyl (C=O) groups excluding carboxylic acids is 1. The molecule has 0 aliphatic rings. The monoisotopic (exact) mass is 384 g/mol. The van der Waals surface area contributed by atoms with Crippen molar-refractivity contribution in [1.82, 2.24) is 4.98 Å². The molecular formula is C15H10Cl2N2O2S2. The van der Waals surface area contributed by atoms with Gasteiger partial charge in [-0.25, -0.2) is 4.98 Å². The second-order valence-corrected chi connectivity index (χ2v) is 7.61. The van der Waals surface area contributed by atoms with Crippen molar-refractivity contribution in [2.75, 3.05) is 12.4 Å². The number of thiophene rings is 1. The molecule has 2 heterocycles. The fourth-order valence-corrected chi connectivity index (χ4v) is 4.09. The van der Waals surface area contributed by atoms with Crippen LogP contribution in [-0.4, -0.2) is 18.0 Å². The van der Waals surface area contributed by atoms with Crippen LogP contribution in [0.5, 0.6) is 5.75 Å². The molecule has 0 saturated carbocycles. The first-order chi connectivity index (χ1) is 11.1. The van der Waals surface area contributed by atoms with Crippen molar-refractivity contribution in [2.45, 2.75) is 0 Å². The number of methoxy groups -OCH3 is 1. The zero-order valence-corrected chi connectivity index (χ0v) is 14.9. The van der Waals surface area contributed by atoms with E-state index in [9.17, 15) is 4.79 Å². The quantitative estimate of drug-likeness (QED) is 0.651. The number of benzene rings is 1. The Labute approximate surface area is 150 Å². The van der Waals surface area contributed by atoms with Gasteiger partial charge in [-0.05, 0) is 24.3 Å². The van der Waals surface area contributed by atoms with E-state index in [-0.39, 0.29) is 5.91 Å². The number of nitrogens with one attached hydrogen (secondary N) is 1. The third-order valence-corrected chi connectivity index (χ3v) is 5.23. The number of ether oxygens (including phenoxy) is 1. The highest BCUT2D eigenvalue weighted by Gasteiger charge is 2.14. The Morgan fingerprint density at radius 1 is 1.30 bits per heavy atom. The normalized spacial score (nSPS) is 10.6. The Morgan fingerprint density at radius 2 is 2.13 bits per heavy atom. The third kappa shape index (κ3) is 3.67. The number of thiazole rings is 1. The minimum Gasteiger partial charge on any atom is -0.497 e. The van der Waals surface area contributed by atoms with Crippen LogP contribution in [-0.2, 0) is 0 Å². The maximum atomic E-state index is 12.3. The topological polar surface area (TPSA) is 51.2 Å². The van der Waals surface area contributed by atoms with Crippen LogP contribution in [0.25, 0.3) is 11.3 Å². The molecule has 1 aromatic carbocycles. The minimum atomic E-state index is -0.251.